The zero-order chi connectivity index (χ0) is 14.0. The minimum atomic E-state index is -0.524. The van der Waals surface area contributed by atoms with Gasteiger partial charge in [0.25, 0.3) is 0 Å². The number of likely N-dealkylation sites (tertiary alicyclic amines) is 1. The number of rotatable bonds is 4. The van der Waals surface area contributed by atoms with Gasteiger partial charge in [-0.2, -0.15) is 0 Å². The molecular formula is C15H23ClF2N2. The highest BCUT2D eigenvalue weighted by Crippen LogP contribution is 2.36. The first kappa shape index (κ1) is 17.3. The van der Waals surface area contributed by atoms with Crippen LogP contribution in [-0.4, -0.2) is 24.5 Å². The van der Waals surface area contributed by atoms with Crippen molar-refractivity contribution in [3.05, 3.63) is 35.4 Å². The molecule has 0 amide bonds. The molecule has 1 aromatic rings. The Morgan fingerprint density at radius 3 is 2.60 bits per heavy atom. The van der Waals surface area contributed by atoms with Crippen molar-refractivity contribution in [2.45, 2.75) is 32.7 Å². The Morgan fingerprint density at radius 2 is 2.10 bits per heavy atom. The largest absolute Gasteiger partial charge is 0.330 e. The first-order valence-corrected chi connectivity index (χ1v) is 6.88. The van der Waals surface area contributed by atoms with E-state index >= 15 is 0 Å². The Balaban J connectivity index is 0.00000200. The second-order valence-corrected chi connectivity index (χ2v) is 5.83. The van der Waals surface area contributed by atoms with Crippen LogP contribution >= 0.6 is 12.4 Å². The van der Waals surface area contributed by atoms with Gasteiger partial charge in [-0.1, -0.05) is 19.9 Å². The van der Waals surface area contributed by atoms with Gasteiger partial charge in [0, 0.05) is 24.2 Å². The molecule has 5 heteroatoms. The molecule has 2 atom stereocenters. The summed E-state index contributed by atoms with van der Waals surface area (Å²) in [6, 6.07) is 3.88. The van der Waals surface area contributed by atoms with Crippen LogP contribution in [0.1, 0.15) is 38.3 Å². The number of benzene rings is 1. The standard InChI is InChI=1S/C15H22F2N2.ClH/c1-3-14(12-5-4-11(16)8-13(12)17)19-7-6-15(2,9-18)10-19;/h4-5,8,14H,3,6-7,9-10,18H2,1-2H3;1H. The lowest BCUT2D eigenvalue weighted by Gasteiger charge is -2.29. The van der Waals surface area contributed by atoms with Crippen LogP contribution in [0.3, 0.4) is 0 Å². The minimum absolute atomic E-state index is 0. The van der Waals surface area contributed by atoms with Crippen LogP contribution in [0.4, 0.5) is 8.78 Å². The molecule has 2 nitrogen and oxygen atoms in total. The van der Waals surface area contributed by atoms with Gasteiger partial charge in [-0.25, -0.2) is 8.78 Å². The van der Waals surface area contributed by atoms with Crippen molar-refractivity contribution in [3.63, 3.8) is 0 Å². The summed E-state index contributed by atoms with van der Waals surface area (Å²) in [5, 5.41) is 0. The molecule has 2 unspecified atom stereocenters. The quantitative estimate of drug-likeness (QED) is 0.922. The van der Waals surface area contributed by atoms with Crippen molar-refractivity contribution >= 4 is 12.4 Å². The number of halogens is 3. The van der Waals surface area contributed by atoms with Gasteiger partial charge in [-0.3, -0.25) is 4.90 Å². The summed E-state index contributed by atoms with van der Waals surface area (Å²) in [6.07, 6.45) is 1.84. The average Bonchev–Trinajstić information content (AvgIpc) is 2.76. The normalized spacial score (nSPS) is 24.4. The summed E-state index contributed by atoms with van der Waals surface area (Å²) in [5.41, 5.74) is 6.51. The van der Waals surface area contributed by atoms with E-state index in [1.165, 1.54) is 6.07 Å². The van der Waals surface area contributed by atoms with Crippen LogP contribution in [0.25, 0.3) is 0 Å². The lowest BCUT2D eigenvalue weighted by molar-refractivity contribution is 0.205. The summed E-state index contributed by atoms with van der Waals surface area (Å²) >= 11 is 0. The van der Waals surface area contributed by atoms with E-state index in [4.69, 9.17) is 5.73 Å². The van der Waals surface area contributed by atoms with E-state index in [1.54, 1.807) is 6.07 Å². The second kappa shape index (κ2) is 6.83. The highest BCUT2D eigenvalue weighted by atomic mass is 35.5. The van der Waals surface area contributed by atoms with Gasteiger partial charge in [-0.05, 0) is 37.4 Å². The summed E-state index contributed by atoms with van der Waals surface area (Å²) < 4.78 is 26.9. The molecule has 114 valence electrons. The molecule has 2 rings (SSSR count). The third kappa shape index (κ3) is 3.48. The summed E-state index contributed by atoms with van der Waals surface area (Å²) in [5.74, 6) is -0.975. The first-order chi connectivity index (χ1) is 8.99. The molecule has 0 spiro atoms. The number of nitrogens with zero attached hydrogens (tertiary/aromatic N) is 1. The van der Waals surface area contributed by atoms with E-state index in [0.29, 0.717) is 12.1 Å². The van der Waals surface area contributed by atoms with E-state index in [0.717, 1.165) is 32.0 Å². The average molecular weight is 305 g/mol. The molecule has 20 heavy (non-hydrogen) atoms. The topological polar surface area (TPSA) is 29.3 Å². The van der Waals surface area contributed by atoms with Gasteiger partial charge in [0.15, 0.2) is 0 Å². The molecule has 0 aromatic heterocycles. The Bertz CT molecular complexity index is 455. The van der Waals surface area contributed by atoms with Crippen molar-refractivity contribution in [1.82, 2.24) is 4.90 Å². The van der Waals surface area contributed by atoms with Crippen molar-refractivity contribution < 1.29 is 8.78 Å². The molecule has 1 saturated heterocycles. The Hall–Kier alpha value is -0.710. The molecule has 0 bridgehead atoms. The fourth-order valence-corrected chi connectivity index (χ4v) is 2.94. The maximum absolute atomic E-state index is 13.9. The van der Waals surface area contributed by atoms with Gasteiger partial charge in [0.2, 0.25) is 0 Å². The van der Waals surface area contributed by atoms with Crippen LogP contribution in [0, 0.1) is 17.0 Å². The highest BCUT2D eigenvalue weighted by molar-refractivity contribution is 5.85. The van der Waals surface area contributed by atoms with Crippen molar-refractivity contribution in [3.8, 4) is 0 Å². The third-order valence-electron chi connectivity index (χ3n) is 4.23. The van der Waals surface area contributed by atoms with Gasteiger partial charge in [0.05, 0.1) is 0 Å². The molecule has 1 fully saturated rings. The fourth-order valence-electron chi connectivity index (χ4n) is 2.94. The number of hydrogen-bond donors (Lipinski definition) is 1. The molecule has 1 heterocycles. The highest BCUT2D eigenvalue weighted by Gasteiger charge is 2.36. The maximum atomic E-state index is 13.9. The van der Waals surface area contributed by atoms with E-state index < -0.39 is 11.6 Å². The van der Waals surface area contributed by atoms with Crippen LogP contribution in [0.2, 0.25) is 0 Å². The smallest absolute Gasteiger partial charge is 0.130 e. The van der Waals surface area contributed by atoms with Crippen LogP contribution in [0.5, 0.6) is 0 Å². The fraction of sp³-hybridized carbons (Fsp3) is 0.600. The molecule has 2 N–H and O–H groups in total. The lowest BCUT2D eigenvalue weighted by Crippen LogP contribution is -2.33. The molecule has 0 radical (unpaired) electrons. The Morgan fingerprint density at radius 1 is 1.40 bits per heavy atom. The van der Waals surface area contributed by atoms with Crippen molar-refractivity contribution in [2.24, 2.45) is 11.1 Å². The molecule has 0 aliphatic carbocycles. The predicted molar refractivity (Wildman–Crippen MR) is 80.0 cm³/mol. The molecule has 1 aliphatic rings. The maximum Gasteiger partial charge on any atom is 0.130 e. The van der Waals surface area contributed by atoms with Gasteiger partial charge in [-0.15, -0.1) is 12.4 Å². The summed E-state index contributed by atoms with van der Waals surface area (Å²) in [6.45, 7) is 6.64. The number of hydrogen-bond acceptors (Lipinski definition) is 2. The summed E-state index contributed by atoms with van der Waals surface area (Å²) in [7, 11) is 0. The minimum Gasteiger partial charge on any atom is -0.330 e. The Labute approximate surface area is 125 Å². The van der Waals surface area contributed by atoms with E-state index in [9.17, 15) is 8.78 Å². The van der Waals surface area contributed by atoms with E-state index in [-0.39, 0.29) is 23.9 Å². The predicted octanol–water partition coefficient (Wildman–Crippen LogP) is 3.51. The van der Waals surface area contributed by atoms with Crippen LogP contribution in [0.15, 0.2) is 18.2 Å². The second-order valence-electron chi connectivity index (χ2n) is 5.83. The van der Waals surface area contributed by atoms with Gasteiger partial charge < -0.3 is 5.73 Å². The first-order valence-electron chi connectivity index (χ1n) is 6.88. The SMILES string of the molecule is CCC(c1ccc(F)cc1F)N1CCC(C)(CN)C1.Cl. The van der Waals surface area contributed by atoms with Crippen LogP contribution < -0.4 is 5.73 Å². The van der Waals surface area contributed by atoms with Crippen molar-refractivity contribution in [2.75, 3.05) is 19.6 Å². The van der Waals surface area contributed by atoms with Gasteiger partial charge >= 0.3 is 0 Å². The Kier molecular flexibility index (Phi) is 5.92. The van der Waals surface area contributed by atoms with E-state index in [1.807, 2.05) is 6.92 Å². The van der Waals surface area contributed by atoms with Crippen molar-refractivity contribution in [1.29, 1.82) is 0 Å². The third-order valence-corrected chi connectivity index (χ3v) is 4.23. The van der Waals surface area contributed by atoms with Gasteiger partial charge in [0.1, 0.15) is 11.6 Å². The van der Waals surface area contributed by atoms with Crippen LogP contribution in [-0.2, 0) is 0 Å². The zero-order valence-corrected chi connectivity index (χ0v) is 12.9. The summed E-state index contributed by atoms with van der Waals surface area (Å²) in [4.78, 5) is 2.27. The molecule has 0 saturated carbocycles. The monoisotopic (exact) mass is 304 g/mol. The number of nitrogens with two attached hydrogens (primary N) is 1. The molecule has 1 aromatic carbocycles. The molecule has 1 aliphatic heterocycles. The zero-order valence-electron chi connectivity index (χ0n) is 12.0. The molecular weight excluding hydrogens is 282 g/mol. The van der Waals surface area contributed by atoms with E-state index in [2.05, 4.69) is 11.8 Å². The lowest BCUT2D eigenvalue weighted by atomic mass is 9.90.